The Bertz CT molecular complexity index is 198. The van der Waals surface area contributed by atoms with Gasteiger partial charge < -0.3 is 23.2 Å². The average Bonchev–Trinajstić information content (AvgIpc) is 2.31. The van der Waals surface area contributed by atoms with Crippen LogP contribution in [0.15, 0.2) is 0 Å². The van der Waals surface area contributed by atoms with Gasteiger partial charge in [0, 0.05) is 28.4 Å². The minimum atomic E-state index is -1.10. The smallest absolute Gasteiger partial charge is 0.317 e. The number of hydrogen-bond donors (Lipinski definition) is 1. The van der Waals surface area contributed by atoms with E-state index in [0.717, 1.165) is 0 Å². The Labute approximate surface area is 104 Å². The minimum Gasteiger partial charge on any atom is -0.480 e. The molecule has 0 saturated heterocycles. The van der Waals surface area contributed by atoms with Crippen LogP contribution in [0.5, 0.6) is 0 Å². The zero-order valence-corrected chi connectivity index (χ0v) is 12.2. The van der Waals surface area contributed by atoms with Crippen molar-refractivity contribution < 1.29 is 28.0 Å². The standard InChI is InChI=1S/C8H19NO6P2/c1-12-16(13-2)6-9(5-8(10)11)7-17(14-3)15-4/h5-7H2,1-4H3,(H,10,11). The van der Waals surface area contributed by atoms with Gasteiger partial charge in [-0.25, -0.2) is 0 Å². The van der Waals surface area contributed by atoms with Gasteiger partial charge in [0.15, 0.2) is 16.8 Å². The zero-order valence-electron chi connectivity index (χ0n) is 10.5. The summed E-state index contributed by atoms with van der Waals surface area (Å²) in [6.07, 6.45) is 0.806. The van der Waals surface area contributed by atoms with Gasteiger partial charge in [0.25, 0.3) is 0 Å². The van der Waals surface area contributed by atoms with Crippen molar-refractivity contribution in [2.45, 2.75) is 0 Å². The number of nitrogens with zero attached hydrogens (tertiary/aromatic N) is 1. The lowest BCUT2D eigenvalue weighted by Gasteiger charge is -2.25. The molecule has 0 radical (unpaired) electrons. The van der Waals surface area contributed by atoms with Gasteiger partial charge in [0.1, 0.15) is 0 Å². The van der Waals surface area contributed by atoms with Gasteiger partial charge in [0.2, 0.25) is 0 Å². The van der Waals surface area contributed by atoms with Crippen molar-refractivity contribution in [3.05, 3.63) is 0 Å². The van der Waals surface area contributed by atoms with Crippen molar-refractivity contribution in [1.29, 1.82) is 0 Å². The summed E-state index contributed by atoms with van der Waals surface area (Å²) in [5, 5.41) is 8.81. The number of carboxylic acids is 1. The van der Waals surface area contributed by atoms with E-state index in [0.29, 0.717) is 12.6 Å². The lowest BCUT2D eigenvalue weighted by atomic mass is 10.6. The highest BCUT2D eigenvalue weighted by atomic mass is 31.2. The van der Waals surface area contributed by atoms with E-state index in [2.05, 4.69) is 0 Å². The van der Waals surface area contributed by atoms with E-state index in [4.69, 9.17) is 23.2 Å². The van der Waals surface area contributed by atoms with Crippen molar-refractivity contribution in [2.24, 2.45) is 0 Å². The van der Waals surface area contributed by atoms with Crippen molar-refractivity contribution in [3.63, 3.8) is 0 Å². The molecule has 17 heavy (non-hydrogen) atoms. The maximum absolute atomic E-state index is 10.7. The average molecular weight is 287 g/mol. The van der Waals surface area contributed by atoms with Crippen LogP contribution in [0.4, 0.5) is 0 Å². The Hall–Kier alpha value is 0.130. The summed E-state index contributed by atoms with van der Waals surface area (Å²) in [5.74, 6) is -0.908. The molecular weight excluding hydrogens is 268 g/mol. The second-order valence-electron chi connectivity index (χ2n) is 2.90. The highest BCUT2D eigenvalue weighted by molar-refractivity contribution is 7.48. The molecule has 0 aliphatic rings. The molecule has 7 nitrogen and oxygen atoms in total. The number of aliphatic carboxylic acids is 1. The van der Waals surface area contributed by atoms with Crippen LogP contribution < -0.4 is 0 Å². The van der Waals surface area contributed by atoms with Gasteiger partial charge in [-0.1, -0.05) is 0 Å². The molecule has 0 spiro atoms. The van der Waals surface area contributed by atoms with E-state index in [-0.39, 0.29) is 6.54 Å². The second-order valence-corrected chi connectivity index (χ2v) is 6.26. The largest absolute Gasteiger partial charge is 0.480 e. The third kappa shape index (κ3) is 7.95. The van der Waals surface area contributed by atoms with Gasteiger partial charge in [0.05, 0.1) is 19.1 Å². The fourth-order valence-corrected chi connectivity index (χ4v) is 3.01. The molecule has 0 amide bonds. The Balaban J connectivity index is 4.35. The Morgan fingerprint density at radius 3 is 1.59 bits per heavy atom. The predicted octanol–water partition coefficient (Wildman–Crippen LogP) is 1.50. The molecule has 0 rings (SSSR count). The molecule has 9 heteroatoms. The topological polar surface area (TPSA) is 77.5 Å². The van der Waals surface area contributed by atoms with Crippen LogP contribution in [-0.2, 0) is 22.9 Å². The monoisotopic (exact) mass is 287 g/mol. The molecule has 0 atom stereocenters. The first-order valence-electron chi connectivity index (χ1n) is 4.73. The predicted molar refractivity (Wildman–Crippen MR) is 66.0 cm³/mol. The van der Waals surface area contributed by atoms with Crippen LogP contribution in [0.2, 0.25) is 0 Å². The molecule has 0 aromatic heterocycles. The fourth-order valence-electron chi connectivity index (χ4n) is 1.04. The number of carbonyl (C=O) groups is 1. The molecule has 0 unspecified atom stereocenters. The minimum absolute atomic E-state index is 0.100. The lowest BCUT2D eigenvalue weighted by Crippen LogP contribution is -2.31. The van der Waals surface area contributed by atoms with Crippen LogP contribution in [-0.4, -0.2) is 63.5 Å². The van der Waals surface area contributed by atoms with Gasteiger partial charge in [-0.15, -0.1) is 0 Å². The quantitative estimate of drug-likeness (QED) is 0.610. The summed E-state index contributed by atoms with van der Waals surface area (Å²) in [7, 11) is 3.92. The normalized spacial score (nSPS) is 11.7. The molecule has 1 N–H and O–H groups in total. The zero-order chi connectivity index (χ0) is 13.3. The van der Waals surface area contributed by atoms with E-state index >= 15 is 0 Å². The highest BCUT2D eigenvalue weighted by Crippen LogP contribution is 2.41. The molecule has 0 aliphatic heterocycles. The van der Waals surface area contributed by atoms with Crippen LogP contribution in [0.25, 0.3) is 0 Å². The first-order chi connectivity index (χ1) is 8.07. The van der Waals surface area contributed by atoms with Crippen LogP contribution in [0.3, 0.4) is 0 Å². The van der Waals surface area contributed by atoms with Crippen LogP contribution >= 0.6 is 16.8 Å². The molecule has 102 valence electrons. The maximum Gasteiger partial charge on any atom is 0.317 e. The summed E-state index contributed by atoms with van der Waals surface area (Å²) in [5.41, 5.74) is 0. The summed E-state index contributed by atoms with van der Waals surface area (Å²) < 4.78 is 20.4. The van der Waals surface area contributed by atoms with E-state index < -0.39 is 22.7 Å². The third-order valence-electron chi connectivity index (χ3n) is 1.80. The Kier molecular flexibility index (Phi) is 10.2. The number of carboxylic acid groups (broad SMARTS) is 1. The molecule has 0 saturated carbocycles. The summed E-state index contributed by atoms with van der Waals surface area (Å²) >= 11 is 0. The molecular formula is C8H19NO6P2. The van der Waals surface area contributed by atoms with E-state index in [1.54, 1.807) is 4.90 Å². The molecule has 0 heterocycles. The highest BCUT2D eigenvalue weighted by Gasteiger charge is 2.20. The molecule has 0 fully saturated rings. The van der Waals surface area contributed by atoms with E-state index in [9.17, 15) is 4.79 Å². The van der Waals surface area contributed by atoms with Gasteiger partial charge in [-0.3, -0.25) is 9.69 Å². The first-order valence-corrected chi connectivity index (χ1v) is 7.45. The van der Waals surface area contributed by atoms with Gasteiger partial charge in [-0.05, 0) is 0 Å². The van der Waals surface area contributed by atoms with Crippen LogP contribution in [0.1, 0.15) is 0 Å². The summed E-state index contributed by atoms with van der Waals surface area (Å²) in [6, 6.07) is 0. The van der Waals surface area contributed by atoms with E-state index in [1.807, 2.05) is 0 Å². The van der Waals surface area contributed by atoms with Crippen molar-refractivity contribution >= 4 is 22.7 Å². The summed E-state index contributed by atoms with van der Waals surface area (Å²) in [6.45, 7) is -0.100. The second kappa shape index (κ2) is 10.1. The van der Waals surface area contributed by atoms with Crippen molar-refractivity contribution in [2.75, 3.05) is 47.6 Å². The van der Waals surface area contributed by atoms with Gasteiger partial charge >= 0.3 is 5.97 Å². The first kappa shape index (κ1) is 17.1. The number of rotatable bonds is 10. The molecule has 0 aromatic carbocycles. The molecule has 0 bridgehead atoms. The molecule has 0 aliphatic carbocycles. The Morgan fingerprint density at radius 2 is 1.35 bits per heavy atom. The lowest BCUT2D eigenvalue weighted by molar-refractivity contribution is -0.137. The number of hydrogen-bond acceptors (Lipinski definition) is 6. The summed E-state index contributed by atoms with van der Waals surface area (Å²) in [4.78, 5) is 12.4. The molecule has 0 aromatic rings. The van der Waals surface area contributed by atoms with Crippen molar-refractivity contribution in [1.82, 2.24) is 4.90 Å². The van der Waals surface area contributed by atoms with E-state index in [1.165, 1.54) is 28.4 Å². The SMILES string of the molecule is COP(CN(CC(=O)O)CP(OC)OC)OC. The third-order valence-corrected chi connectivity index (χ3v) is 4.70. The van der Waals surface area contributed by atoms with Gasteiger partial charge in [-0.2, -0.15) is 0 Å². The Morgan fingerprint density at radius 1 is 1.00 bits per heavy atom. The van der Waals surface area contributed by atoms with Crippen molar-refractivity contribution in [3.8, 4) is 0 Å². The fraction of sp³-hybridized carbons (Fsp3) is 0.875. The van der Waals surface area contributed by atoms with Crippen LogP contribution in [0, 0.1) is 0 Å². The maximum atomic E-state index is 10.7.